The Morgan fingerprint density at radius 2 is 2.22 bits per heavy atom. The topological polar surface area (TPSA) is 43.8 Å². The predicted octanol–water partition coefficient (Wildman–Crippen LogP) is 3.70. The Hall–Kier alpha value is -1.29. The van der Waals surface area contributed by atoms with Crippen LogP contribution < -0.4 is 5.73 Å². The van der Waals surface area contributed by atoms with Crippen molar-refractivity contribution >= 4 is 28.6 Å². The largest absolute Gasteiger partial charge is 0.369 e. The van der Waals surface area contributed by atoms with Gasteiger partial charge >= 0.3 is 0 Å². The zero-order valence-electron chi connectivity index (χ0n) is 10.2. The van der Waals surface area contributed by atoms with Crippen molar-refractivity contribution < 1.29 is 4.39 Å². The molecular weight excluding hydrogens is 253 g/mol. The Labute approximate surface area is 110 Å². The summed E-state index contributed by atoms with van der Waals surface area (Å²) in [6.45, 7) is 2.15. The lowest BCUT2D eigenvalue weighted by Crippen LogP contribution is -2.40. The van der Waals surface area contributed by atoms with Crippen LogP contribution in [0.15, 0.2) is 12.1 Å². The molecule has 2 N–H and O–H groups in total. The van der Waals surface area contributed by atoms with Crippen molar-refractivity contribution in [2.24, 2.45) is 0 Å². The van der Waals surface area contributed by atoms with Gasteiger partial charge in [-0.25, -0.2) is 9.37 Å². The van der Waals surface area contributed by atoms with Crippen LogP contribution in [0.1, 0.15) is 32.6 Å². The minimum Gasteiger partial charge on any atom is -0.369 e. The Morgan fingerprint density at radius 1 is 1.50 bits per heavy atom. The first-order valence-electron chi connectivity index (χ1n) is 6.21. The molecule has 0 saturated heterocycles. The van der Waals surface area contributed by atoms with Gasteiger partial charge in [0.15, 0.2) is 0 Å². The molecule has 1 aromatic heterocycles. The molecule has 0 aliphatic heterocycles. The molecule has 0 atom stereocenters. The second-order valence-electron chi connectivity index (χ2n) is 4.99. The van der Waals surface area contributed by atoms with Gasteiger partial charge in [0, 0.05) is 11.6 Å². The number of anilines is 1. The van der Waals surface area contributed by atoms with Crippen molar-refractivity contribution in [1.82, 2.24) is 9.55 Å². The van der Waals surface area contributed by atoms with Crippen LogP contribution in [0, 0.1) is 5.82 Å². The number of halogens is 2. The minimum absolute atomic E-state index is 0.0417. The Kier molecular flexibility index (Phi) is 2.52. The van der Waals surface area contributed by atoms with Crippen LogP contribution in [-0.4, -0.2) is 9.55 Å². The van der Waals surface area contributed by atoms with E-state index in [0.29, 0.717) is 11.5 Å². The van der Waals surface area contributed by atoms with Gasteiger partial charge in [0.2, 0.25) is 5.95 Å². The summed E-state index contributed by atoms with van der Waals surface area (Å²) in [5, 5.41) is 0.120. The normalized spacial score (nSPS) is 17.9. The first-order chi connectivity index (χ1) is 8.57. The summed E-state index contributed by atoms with van der Waals surface area (Å²) < 4.78 is 15.5. The zero-order valence-corrected chi connectivity index (χ0v) is 11.0. The van der Waals surface area contributed by atoms with Crippen molar-refractivity contribution in [3.05, 3.63) is 23.0 Å². The molecule has 0 bridgehead atoms. The number of hydrogen-bond donors (Lipinski definition) is 1. The third-order valence-corrected chi connectivity index (χ3v) is 4.43. The second kappa shape index (κ2) is 3.85. The summed E-state index contributed by atoms with van der Waals surface area (Å²) in [5.41, 5.74) is 7.46. The number of imidazole rings is 1. The Balaban J connectivity index is 2.28. The van der Waals surface area contributed by atoms with Gasteiger partial charge in [-0.3, -0.25) is 0 Å². The highest BCUT2D eigenvalue weighted by Crippen LogP contribution is 2.45. The van der Waals surface area contributed by atoms with Crippen molar-refractivity contribution in [2.45, 2.75) is 38.1 Å². The number of hydrogen-bond acceptors (Lipinski definition) is 2. The maximum atomic E-state index is 13.4. The van der Waals surface area contributed by atoms with Gasteiger partial charge in [-0.15, -0.1) is 0 Å². The number of nitrogens with zero attached hydrogens (tertiary/aromatic N) is 2. The highest BCUT2D eigenvalue weighted by Gasteiger charge is 2.39. The molecule has 18 heavy (non-hydrogen) atoms. The highest BCUT2D eigenvalue weighted by atomic mass is 35.5. The molecule has 0 spiro atoms. The monoisotopic (exact) mass is 267 g/mol. The molecule has 1 aliphatic carbocycles. The fraction of sp³-hybridized carbons (Fsp3) is 0.462. The molecule has 5 heteroatoms. The van der Waals surface area contributed by atoms with Crippen LogP contribution in [-0.2, 0) is 5.54 Å². The summed E-state index contributed by atoms with van der Waals surface area (Å²) in [7, 11) is 0. The van der Waals surface area contributed by atoms with Gasteiger partial charge in [-0.05, 0) is 31.7 Å². The Morgan fingerprint density at radius 3 is 2.78 bits per heavy atom. The first-order valence-corrected chi connectivity index (χ1v) is 6.59. The van der Waals surface area contributed by atoms with E-state index in [4.69, 9.17) is 17.3 Å². The van der Waals surface area contributed by atoms with E-state index in [1.807, 2.05) is 4.57 Å². The van der Waals surface area contributed by atoms with Crippen molar-refractivity contribution in [1.29, 1.82) is 0 Å². The molecule has 96 valence electrons. The number of fused-ring (bicyclic) bond motifs is 1. The molecule has 1 saturated carbocycles. The van der Waals surface area contributed by atoms with E-state index in [0.717, 1.165) is 24.8 Å². The molecule has 0 amide bonds. The van der Waals surface area contributed by atoms with Crippen LogP contribution in [0.25, 0.3) is 11.0 Å². The van der Waals surface area contributed by atoms with Crippen molar-refractivity contribution in [2.75, 3.05) is 5.73 Å². The SMILES string of the molecule is CCC1(n2c(N)nc3cc(F)c(Cl)cc32)CCC1. The lowest BCUT2D eigenvalue weighted by Gasteiger charge is -2.43. The number of rotatable bonds is 2. The summed E-state index contributed by atoms with van der Waals surface area (Å²) in [5.74, 6) is 0.00110. The lowest BCUT2D eigenvalue weighted by molar-refractivity contribution is 0.144. The number of benzene rings is 1. The van der Waals surface area contributed by atoms with Crippen LogP contribution in [0.2, 0.25) is 5.02 Å². The number of aromatic nitrogens is 2. The average molecular weight is 268 g/mol. The van der Waals surface area contributed by atoms with Crippen LogP contribution >= 0.6 is 11.6 Å². The van der Waals surface area contributed by atoms with Gasteiger partial charge in [0.1, 0.15) is 5.82 Å². The van der Waals surface area contributed by atoms with E-state index in [2.05, 4.69) is 11.9 Å². The highest BCUT2D eigenvalue weighted by molar-refractivity contribution is 6.31. The van der Waals surface area contributed by atoms with E-state index in [-0.39, 0.29) is 10.6 Å². The van der Waals surface area contributed by atoms with Gasteiger partial charge in [0.25, 0.3) is 0 Å². The minimum atomic E-state index is -0.451. The van der Waals surface area contributed by atoms with Crippen molar-refractivity contribution in [3.8, 4) is 0 Å². The molecule has 0 radical (unpaired) electrons. The second-order valence-corrected chi connectivity index (χ2v) is 5.40. The van der Waals surface area contributed by atoms with Crippen molar-refractivity contribution in [3.63, 3.8) is 0 Å². The first kappa shape index (κ1) is 11.8. The molecule has 1 aliphatic rings. The van der Waals surface area contributed by atoms with Gasteiger partial charge in [0.05, 0.1) is 16.1 Å². The Bertz CT molecular complexity index is 611. The molecule has 1 heterocycles. The maximum absolute atomic E-state index is 13.4. The summed E-state index contributed by atoms with van der Waals surface area (Å²) in [4.78, 5) is 4.25. The summed E-state index contributed by atoms with van der Waals surface area (Å²) >= 11 is 5.87. The number of nitrogens with two attached hydrogens (primary N) is 1. The van der Waals surface area contributed by atoms with Crippen LogP contribution in [0.4, 0.5) is 10.3 Å². The molecule has 3 nitrogen and oxygen atoms in total. The van der Waals surface area contributed by atoms with E-state index < -0.39 is 5.82 Å². The smallest absolute Gasteiger partial charge is 0.201 e. The maximum Gasteiger partial charge on any atom is 0.201 e. The lowest BCUT2D eigenvalue weighted by atomic mass is 9.74. The summed E-state index contributed by atoms with van der Waals surface area (Å²) in [6, 6.07) is 2.98. The van der Waals surface area contributed by atoms with E-state index in [1.165, 1.54) is 12.5 Å². The third kappa shape index (κ3) is 1.45. The fourth-order valence-electron chi connectivity index (χ4n) is 2.91. The molecule has 1 aromatic carbocycles. The standard InChI is InChI=1S/C13H15ClFN3/c1-2-13(4-3-5-13)18-11-6-8(14)9(15)7-10(11)17-12(18)16/h6-7H,2-5H2,1H3,(H2,16,17). The fourth-order valence-corrected chi connectivity index (χ4v) is 3.07. The van der Waals surface area contributed by atoms with Gasteiger partial charge in [-0.1, -0.05) is 18.5 Å². The molecule has 0 unspecified atom stereocenters. The predicted molar refractivity (Wildman–Crippen MR) is 71.2 cm³/mol. The van der Waals surface area contributed by atoms with Gasteiger partial charge in [-0.2, -0.15) is 0 Å². The molecule has 1 fully saturated rings. The third-order valence-electron chi connectivity index (χ3n) is 4.14. The quantitative estimate of drug-likeness (QED) is 0.902. The molecular formula is C13H15ClFN3. The summed E-state index contributed by atoms with van der Waals surface area (Å²) in [6.07, 6.45) is 4.38. The van der Waals surface area contributed by atoms with E-state index in [9.17, 15) is 4.39 Å². The van der Waals surface area contributed by atoms with E-state index in [1.54, 1.807) is 6.07 Å². The number of nitrogen functional groups attached to an aromatic ring is 1. The zero-order chi connectivity index (χ0) is 12.9. The average Bonchev–Trinajstić information content (AvgIpc) is 2.57. The molecule has 3 rings (SSSR count). The van der Waals surface area contributed by atoms with E-state index >= 15 is 0 Å². The molecule has 2 aromatic rings. The van der Waals surface area contributed by atoms with Crippen LogP contribution in [0.3, 0.4) is 0 Å². The van der Waals surface area contributed by atoms with Gasteiger partial charge < -0.3 is 10.3 Å². The van der Waals surface area contributed by atoms with Crippen LogP contribution in [0.5, 0.6) is 0 Å².